The predicted octanol–water partition coefficient (Wildman–Crippen LogP) is 5.50. The maximum atomic E-state index is 10.5. The summed E-state index contributed by atoms with van der Waals surface area (Å²) in [6.45, 7) is 4.52. The molecule has 2 aromatic carbocycles. The van der Waals surface area contributed by atoms with E-state index in [-0.39, 0.29) is 5.41 Å². The van der Waals surface area contributed by atoms with Gasteiger partial charge in [-0.15, -0.1) is 6.58 Å². The van der Waals surface area contributed by atoms with Crippen LogP contribution in [0.1, 0.15) is 48.3 Å². The lowest BCUT2D eigenvalue weighted by atomic mass is 9.48. The van der Waals surface area contributed by atoms with Gasteiger partial charge in [0.1, 0.15) is 0 Å². The third kappa shape index (κ3) is 2.41. The summed E-state index contributed by atoms with van der Waals surface area (Å²) in [6.07, 6.45) is 8.30. The molecular formula is C26H30O. The lowest BCUT2D eigenvalue weighted by Gasteiger charge is -2.55. The summed E-state index contributed by atoms with van der Waals surface area (Å²) in [4.78, 5) is 0. The van der Waals surface area contributed by atoms with Crippen molar-refractivity contribution in [2.45, 2.75) is 43.4 Å². The van der Waals surface area contributed by atoms with Gasteiger partial charge in [-0.3, -0.25) is 0 Å². The van der Waals surface area contributed by atoms with Crippen molar-refractivity contribution in [3.63, 3.8) is 0 Å². The number of aryl methyl sites for hydroxylation is 1. The molecule has 5 rings (SSSR count). The smallest absolute Gasteiger partial charge is 0.0465 e. The largest absolute Gasteiger partial charge is 0.396 e. The Balaban J connectivity index is 1.66. The highest BCUT2D eigenvalue weighted by molar-refractivity contribution is 5.40. The van der Waals surface area contributed by atoms with Gasteiger partial charge in [0, 0.05) is 12.0 Å². The van der Waals surface area contributed by atoms with Gasteiger partial charge in [-0.05, 0) is 78.4 Å². The minimum atomic E-state index is 0.157. The summed E-state index contributed by atoms with van der Waals surface area (Å²) in [5, 5.41) is 10.5. The third-order valence-corrected chi connectivity index (χ3v) is 8.19. The quantitative estimate of drug-likeness (QED) is 0.719. The summed E-state index contributed by atoms with van der Waals surface area (Å²) in [7, 11) is 0. The molecule has 0 amide bonds. The molecule has 0 spiro atoms. The van der Waals surface area contributed by atoms with Gasteiger partial charge in [0.2, 0.25) is 0 Å². The van der Waals surface area contributed by atoms with E-state index in [1.54, 1.807) is 0 Å². The van der Waals surface area contributed by atoms with Crippen molar-refractivity contribution >= 4 is 0 Å². The second-order valence-corrected chi connectivity index (χ2v) is 9.01. The molecule has 0 unspecified atom stereocenters. The van der Waals surface area contributed by atoms with Crippen LogP contribution in [0.4, 0.5) is 0 Å². The van der Waals surface area contributed by atoms with Crippen molar-refractivity contribution in [1.29, 1.82) is 0 Å². The average Bonchev–Trinajstić information content (AvgIpc) is 3.13. The van der Waals surface area contributed by atoms with Gasteiger partial charge in [-0.1, -0.05) is 60.7 Å². The van der Waals surface area contributed by atoms with E-state index in [2.05, 4.69) is 67.3 Å². The van der Waals surface area contributed by atoms with E-state index < -0.39 is 0 Å². The Morgan fingerprint density at radius 1 is 1.00 bits per heavy atom. The maximum absolute atomic E-state index is 10.5. The van der Waals surface area contributed by atoms with E-state index in [4.69, 9.17) is 0 Å². The zero-order valence-electron chi connectivity index (χ0n) is 16.1. The van der Waals surface area contributed by atoms with E-state index in [9.17, 15) is 5.11 Å². The number of aliphatic hydroxyl groups excluding tert-OH is 1. The SMILES string of the molecule is C=C[C@H]1CC[C@@H]2[C@@H]3CCc4ccccc4[C@@H]3[C@H](CO)C[C@@]21c1ccccc1. The molecule has 2 saturated carbocycles. The van der Waals surface area contributed by atoms with Crippen LogP contribution < -0.4 is 0 Å². The van der Waals surface area contributed by atoms with E-state index in [0.29, 0.717) is 36.2 Å². The Morgan fingerprint density at radius 3 is 2.56 bits per heavy atom. The van der Waals surface area contributed by atoms with Crippen LogP contribution >= 0.6 is 0 Å². The Bertz CT molecular complexity index is 825. The van der Waals surface area contributed by atoms with Crippen LogP contribution in [-0.2, 0) is 11.8 Å². The van der Waals surface area contributed by atoms with Gasteiger partial charge in [0.05, 0.1) is 0 Å². The summed E-state index contributed by atoms with van der Waals surface area (Å²) < 4.78 is 0. The summed E-state index contributed by atoms with van der Waals surface area (Å²) >= 11 is 0. The van der Waals surface area contributed by atoms with Crippen molar-refractivity contribution < 1.29 is 5.11 Å². The molecule has 6 atom stereocenters. The molecule has 0 radical (unpaired) electrons. The van der Waals surface area contributed by atoms with Gasteiger partial charge < -0.3 is 5.11 Å². The number of aliphatic hydroxyl groups is 1. The molecule has 1 nitrogen and oxygen atoms in total. The van der Waals surface area contributed by atoms with E-state index in [1.165, 1.54) is 42.4 Å². The van der Waals surface area contributed by atoms with Crippen LogP contribution in [0.2, 0.25) is 0 Å². The van der Waals surface area contributed by atoms with Gasteiger partial charge >= 0.3 is 0 Å². The monoisotopic (exact) mass is 358 g/mol. The second-order valence-electron chi connectivity index (χ2n) is 9.01. The number of allylic oxidation sites excluding steroid dienone is 1. The molecule has 0 saturated heterocycles. The first-order valence-electron chi connectivity index (χ1n) is 10.7. The maximum Gasteiger partial charge on any atom is 0.0465 e. The standard InChI is InChI=1S/C26H30O/c1-2-20-13-15-24-23-14-12-18-8-6-7-11-22(18)25(23)19(17-27)16-26(20,24)21-9-4-3-5-10-21/h2-11,19-20,23-25,27H,1,12-17H2/t19-,20-,23-,24+,25-,26+/m0/s1. The van der Waals surface area contributed by atoms with Gasteiger partial charge in [-0.25, -0.2) is 0 Å². The molecule has 0 bridgehead atoms. The Hall–Kier alpha value is -1.86. The van der Waals surface area contributed by atoms with Crippen LogP contribution in [0.25, 0.3) is 0 Å². The molecule has 0 heterocycles. The zero-order chi connectivity index (χ0) is 18.4. The minimum absolute atomic E-state index is 0.157. The normalized spacial score (nSPS) is 37.1. The van der Waals surface area contributed by atoms with Crippen molar-refractivity contribution in [2.75, 3.05) is 6.61 Å². The molecule has 3 aliphatic rings. The van der Waals surface area contributed by atoms with Gasteiger partial charge in [0.25, 0.3) is 0 Å². The van der Waals surface area contributed by atoms with Crippen molar-refractivity contribution in [2.24, 2.45) is 23.7 Å². The first-order chi connectivity index (χ1) is 13.3. The first-order valence-corrected chi connectivity index (χ1v) is 10.7. The zero-order valence-corrected chi connectivity index (χ0v) is 16.1. The number of hydrogen-bond donors (Lipinski definition) is 1. The van der Waals surface area contributed by atoms with Crippen LogP contribution in [0.5, 0.6) is 0 Å². The average molecular weight is 359 g/mol. The second kappa shape index (κ2) is 6.63. The van der Waals surface area contributed by atoms with Crippen molar-refractivity contribution in [3.8, 4) is 0 Å². The Morgan fingerprint density at radius 2 is 1.78 bits per heavy atom. The molecule has 2 aromatic rings. The topological polar surface area (TPSA) is 20.2 Å². The number of fused-ring (bicyclic) bond motifs is 5. The fraction of sp³-hybridized carbons (Fsp3) is 0.462. The molecule has 0 aliphatic heterocycles. The predicted molar refractivity (Wildman–Crippen MR) is 111 cm³/mol. The van der Waals surface area contributed by atoms with Crippen LogP contribution in [-0.4, -0.2) is 11.7 Å². The number of rotatable bonds is 3. The lowest BCUT2D eigenvalue weighted by molar-refractivity contribution is 0.0189. The molecule has 2 fully saturated rings. The van der Waals surface area contributed by atoms with Gasteiger partial charge in [0.15, 0.2) is 0 Å². The first kappa shape index (κ1) is 17.3. The minimum Gasteiger partial charge on any atom is -0.396 e. The fourth-order valence-corrected chi connectivity index (χ4v) is 7.28. The van der Waals surface area contributed by atoms with Crippen LogP contribution in [0, 0.1) is 23.7 Å². The molecule has 1 heteroatoms. The lowest BCUT2D eigenvalue weighted by Crippen LogP contribution is -2.51. The molecule has 0 aromatic heterocycles. The highest BCUT2D eigenvalue weighted by atomic mass is 16.3. The van der Waals surface area contributed by atoms with E-state index in [1.807, 2.05) is 0 Å². The van der Waals surface area contributed by atoms with Crippen molar-refractivity contribution in [1.82, 2.24) is 0 Å². The number of benzene rings is 2. The van der Waals surface area contributed by atoms with E-state index >= 15 is 0 Å². The Kier molecular flexibility index (Phi) is 4.24. The van der Waals surface area contributed by atoms with Gasteiger partial charge in [-0.2, -0.15) is 0 Å². The Labute approximate surface area is 163 Å². The van der Waals surface area contributed by atoms with E-state index in [0.717, 1.165) is 6.42 Å². The van der Waals surface area contributed by atoms with Crippen LogP contribution in [0.3, 0.4) is 0 Å². The molecule has 1 N–H and O–H groups in total. The molecule has 140 valence electrons. The molecule has 3 aliphatic carbocycles. The fourth-order valence-electron chi connectivity index (χ4n) is 7.28. The highest BCUT2D eigenvalue weighted by Crippen LogP contribution is 2.65. The third-order valence-electron chi connectivity index (χ3n) is 8.19. The molecule has 27 heavy (non-hydrogen) atoms. The summed E-state index contributed by atoms with van der Waals surface area (Å²) in [5.41, 5.74) is 4.68. The van der Waals surface area contributed by atoms with Crippen molar-refractivity contribution in [3.05, 3.63) is 83.9 Å². The molecular weight excluding hydrogens is 328 g/mol. The number of hydrogen-bond acceptors (Lipinski definition) is 1. The summed E-state index contributed by atoms with van der Waals surface area (Å²) in [6, 6.07) is 20.2. The highest BCUT2D eigenvalue weighted by Gasteiger charge is 2.59. The van der Waals surface area contributed by atoms with Crippen LogP contribution in [0.15, 0.2) is 67.3 Å². The summed E-state index contributed by atoms with van der Waals surface area (Å²) in [5.74, 6) is 2.76.